The Bertz CT molecular complexity index is 352. The van der Waals surface area contributed by atoms with E-state index in [0.29, 0.717) is 12.6 Å². The van der Waals surface area contributed by atoms with Gasteiger partial charge in [0.2, 0.25) is 0 Å². The van der Waals surface area contributed by atoms with Gasteiger partial charge < -0.3 is 15.4 Å². The minimum absolute atomic E-state index is 0.374. The first kappa shape index (κ1) is 14.0. The van der Waals surface area contributed by atoms with Gasteiger partial charge in [-0.2, -0.15) is 0 Å². The van der Waals surface area contributed by atoms with E-state index in [1.165, 1.54) is 16.8 Å². The standard InChI is InChI=1S/C14H24N2O/c1-11-9-13(7-8-15)5-6-14(11)16(3)12(2)10-17-4/h5-6,9,12H,7-8,10,15H2,1-4H3. The molecule has 0 saturated heterocycles. The lowest BCUT2D eigenvalue weighted by molar-refractivity contribution is 0.183. The molecule has 1 atom stereocenters. The van der Waals surface area contributed by atoms with Gasteiger partial charge in [0.15, 0.2) is 0 Å². The summed E-state index contributed by atoms with van der Waals surface area (Å²) in [4.78, 5) is 2.26. The lowest BCUT2D eigenvalue weighted by atomic mass is 10.1. The van der Waals surface area contributed by atoms with Gasteiger partial charge in [-0.1, -0.05) is 12.1 Å². The molecule has 17 heavy (non-hydrogen) atoms. The summed E-state index contributed by atoms with van der Waals surface area (Å²) in [6.45, 7) is 5.75. The first-order chi connectivity index (χ1) is 8.10. The van der Waals surface area contributed by atoms with Crippen LogP contribution in [0.1, 0.15) is 18.1 Å². The van der Waals surface area contributed by atoms with Crippen molar-refractivity contribution in [2.75, 3.05) is 32.2 Å². The highest BCUT2D eigenvalue weighted by Gasteiger charge is 2.11. The van der Waals surface area contributed by atoms with Crippen LogP contribution < -0.4 is 10.6 Å². The molecule has 0 amide bonds. The van der Waals surface area contributed by atoms with Gasteiger partial charge in [0.05, 0.1) is 6.61 Å². The molecule has 0 aromatic heterocycles. The van der Waals surface area contributed by atoms with E-state index in [-0.39, 0.29) is 0 Å². The third kappa shape index (κ3) is 3.72. The van der Waals surface area contributed by atoms with Gasteiger partial charge in [0.1, 0.15) is 0 Å². The van der Waals surface area contributed by atoms with E-state index in [9.17, 15) is 0 Å². The maximum Gasteiger partial charge on any atom is 0.0663 e. The fourth-order valence-corrected chi connectivity index (χ4v) is 2.03. The van der Waals surface area contributed by atoms with Gasteiger partial charge in [0.25, 0.3) is 0 Å². The zero-order valence-corrected chi connectivity index (χ0v) is 11.4. The highest BCUT2D eigenvalue weighted by molar-refractivity contribution is 5.54. The molecular weight excluding hydrogens is 212 g/mol. The molecule has 0 aliphatic carbocycles. The fraction of sp³-hybridized carbons (Fsp3) is 0.571. The second kappa shape index (κ2) is 6.62. The Kier molecular flexibility index (Phi) is 5.45. The molecule has 0 aliphatic rings. The second-order valence-electron chi connectivity index (χ2n) is 4.57. The summed E-state index contributed by atoms with van der Waals surface area (Å²) >= 11 is 0. The molecule has 0 heterocycles. The number of aryl methyl sites for hydroxylation is 1. The number of anilines is 1. The average molecular weight is 236 g/mol. The summed E-state index contributed by atoms with van der Waals surface area (Å²) < 4.78 is 5.19. The topological polar surface area (TPSA) is 38.5 Å². The Morgan fingerprint density at radius 1 is 1.41 bits per heavy atom. The van der Waals surface area contributed by atoms with E-state index in [1.807, 2.05) is 0 Å². The number of hydrogen-bond acceptors (Lipinski definition) is 3. The number of nitrogens with zero attached hydrogens (tertiary/aromatic N) is 1. The molecule has 3 nitrogen and oxygen atoms in total. The Morgan fingerprint density at radius 3 is 2.65 bits per heavy atom. The van der Waals surface area contributed by atoms with Crippen LogP contribution in [-0.4, -0.2) is 33.4 Å². The molecule has 0 saturated carbocycles. The number of benzene rings is 1. The van der Waals surface area contributed by atoms with Gasteiger partial charge in [-0.15, -0.1) is 0 Å². The maximum absolute atomic E-state index is 5.57. The highest BCUT2D eigenvalue weighted by Crippen LogP contribution is 2.22. The first-order valence-electron chi connectivity index (χ1n) is 6.11. The van der Waals surface area contributed by atoms with Crippen LogP contribution in [0, 0.1) is 6.92 Å². The summed E-state index contributed by atoms with van der Waals surface area (Å²) in [7, 11) is 3.84. The van der Waals surface area contributed by atoms with Crippen LogP contribution in [-0.2, 0) is 11.2 Å². The van der Waals surface area contributed by atoms with Crippen molar-refractivity contribution < 1.29 is 4.74 Å². The number of hydrogen-bond donors (Lipinski definition) is 1. The van der Waals surface area contributed by atoms with Crippen molar-refractivity contribution in [1.29, 1.82) is 0 Å². The molecule has 0 spiro atoms. The van der Waals surface area contributed by atoms with Gasteiger partial charge in [0, 0.05) is 25.9 Å². The Hall–Kier alpha value is -1.06. The lowest BCUT2D eigenvalue weighted by Gasteiger charge is -2.28. The molecule has 1 aromatic carbocycles. The lowest BCUT2D eigenvalue weighted by Crippen LogP contribution is -2.33. The van der Waals surface area contributed by atoms with E-state index < -0.39 is 0 Å². The summed E-state index contributed by atoms with van der Waals surface area (Å²) in [6, 6.07) is 6.93. The van der Waals surface area contributed by atoms with E-state index in [2.05, 4.69) is 44.0 Å². The maximum atomic E-state index is 5.57. The summed E-state index contributed by atoms with van der Waals surface area (Å²) in [5.41, 5.74) is 9.43. The van der Waals surface area contributed by atoms with Crippen LogP contribution in [0.2, 0.25) is 0 Å². The van der Waals surface area contributed by atoms with Crippen LogP contribution in [0.5, 0.6) is 0 Å². The fourth-order valence-electron chi connectivity index (χ4n) is 2.03. The smallest absolute Gasteiger partial charge is 0.0663 e. The molecule has 2 N–H and O–H groups in total. The third-order valence-corrected chi connectivity index (χ3v) is 3.14. The minimum Gasteiger partial charge on any atom is -0.383 e. The minimum atomic E-state index is 0.374. The van der Waals surface area contributed by atoms with Crippen molar-refractivity contribution in [1.82, 2.24) is 0 Å². The SMILES string of the molecule is COCC(C)N(C)c1ccc(CCN)cc1C. The van der Waals surface area contributed by atoms with Crippen molar-refractivity contribution >= 4 is 5.69 Å². The van der Waals surface area contributed by atoms with E-state index in [0.717, 1.165) is 13.0 Å². The van der Waals surface area contributed by atoms with E-state index in [4.69, 9.17) is 10.5 Å². The molecule has 1 aromatic rings. The van der Waals surface area contributed by atoms with Crippen LogP contribution in [0.15, 0.2) is 18.2 Å². The zero-order chi connectivity index (χ0) is 12.8. The molecule has 0 bridgehead atoms. The second-order valence-corrected chi connectivity index (χ2v) is 4.57. The number of nitrogens with two attached hydrogens (primary N) is 1. The van der Waals surface area contributed by atoms with Gasteiger partial charge >= 0.3 is 0 Å². The zero-order valence-electron chi connectivity index (χ0n) is 11.4. The van der Waals surface area contributed by atoms with Crippen molar-refractivity contribution in [2.24, 2.45) is 5.73 Å². The summed E-state index contributed by atoms with van der Waals surface area (Å²) in [5.74, 6) is 0. The van der Waals surface area contributed by atoms with Crippen molar-refractivity contribution in [3.63, 3.8) is 0 Å². The highest BCUT2D eigenvalue weighted by atomic mass is 16.5. The largest absolute Gasteiger partial charge is 0.383 e. The number of ether oxygens (including phenoxy) is 1. The summed E-state index contributed by atoms with van der Waals surface area (Å²) in [6.07, 6.45) is 0.943. The molecule has 0 radical (unpaired) electrons. The first-order valence-corrected chi connectivity index (χ1v) is 6.11. The monoisotopic (exact) mass is 236 g/mol. The molecule has 1 unspecified atom stereocenters. The predicted octanol–water partition coefficient (Wildman–Crippen LogP) is 1.97. The number of methoxy groups -OCH3 is 1. The van der Waals surface area contributed by atoms with Crippen LogP contribution >= 0.6 is 0 Å². The quantitative estimate of drug-likeness (QED) is 0.820. The predicted molar refractivity (Wildman–Crippen MR) is 73.7 cm³/mol. The molecule has 0 fully saturated rings. The van der Waals surface area contributed by atoms with Crippen LogP contribution in [0.4, 0.5) is 5.69 Å². The Labute approximate surface area is 105 Å². The number of rotatable bonds is 6. The molecule has 96 valence electrons. The average Bonchev–Trinajstić information content (AvgIpc) is 2.29. The molecule has 1 rings (SSSR count). The van der Waals surface area contributed by atoms with Gasteiger partial charge in [-0.05, 0) is 44.0 Å². The van der Waals surface area contributed by atoms with Crippen molar-refractivity contribution in [2.45, 2.75) is 26.3 Å². The molecule has 0 aliphatic heterocycles. The van der Waals surface area contributed by atoms with Crippen molar-refractivity contribution in [3.05, 3.63) is 29.3 Å². The number of likely N-dealkylation sites (N-methyl/N-ethyl adjacent to an activating group) is 1. The van der Waals surface area contributed by atoms with Crippen LogP contribution in [0.25, 0.3) is 0 Å². The third-order valence-electron chi connectivity index (χ3n) is 3.14. The van der Waals surface area contributed by atoms with Crippen LogP contribution in [0.3, 0.4) is 0 Å². The van der Waals surface area contributed by atoms with Gasteiger partial charge in [-0.3, -0.25) is 0 Å². The molecular formula is C14H24N2O. The van der Waals surface area contributed by atoms with Crippen molar-refractivity contribution in [3.8, 4) is 0 Å². The normalized spacial score (nSPS) is 12.5. The summed E-state index contributed by atoms with van der Waals surface area (Å²) in [5, 5.41) is 0. The molecule has 3 heteroatoms. The van der Waals surface area contributed by atoms with E-state index >= 15 is 0 Å². The Balaban J connectivity index is 2.83. The Morgan fingerprint density at radius 2 is 2.12 bits per heavy atom. The van der Waals surface area contributed by atoms with Gasteiger partial charge in [-0.25, -0.2) is 0 Å². The van der Waals surface area contributed by atoms with E-state index in [1.54, 1.807) is 7.11 Å².